The van der Waals surface area contributed by atoms with Crippen molar-refractivity contribution in [1.29, 1.82) is 0 Å². The van der Waals surface area contributed by atoms with Gasteiger partial charge in [-0.25, -0.2) is 4.79 Å². The maximum absolute atomic E-state index is 11.3. The Morgan fingerprint density at radius 3 is 2.56 bits per heavy atom. The average Bonchev–Trinajstić information content (AvgIpc) is 2.86. The van der Waals surface area contributed by atoms with E-state index in [-0.39, 0.29) is 12.4 Å². The molecule has 0 aromatic heterocycles. The highest BCUT2D eigenvalue weighted by atomic mass is 16.7. The van der Waals surface area contributed by atoms with Gasteiger partial charge in [0.2, 0.25) is 6.79 Å². The highest BCUT2D eigenvalue weighted by Gasteiger charge is 2.24. The molecule has 0 saturated carbocycles. The molecule has 0 amide bonds. The molecule has 0 radical (unpaired) electrons. The molecule has 0 fully saturated rings. The summed E-state index contributed by atoms with van der Waals surface area (Å²) in [7, 11) is 0. The molecular formula is C14H10O4. The van der Waals surface area contributed by atoms with Crippen molar-refractivity contribution < 1.29 is 19.4 Å². The monoisotopic (exact) mass is 242 g/mol. The Bertz CT molecular complexity index is 605. The average molecular weight is 242 g/mol. The lowest BCUT2D eigenvalue weighted by molar-refractivity contribution is 0.0697. The quantitative estimate of drug-likeness (QED) is 0.879. The first-order valence-corrected chi connectivity index (χ1v) is 5.48. The molecule has 1 aliphatic rings. The SMILES string of the molecule is O=C(O)c1ccc2c(c1-c1ccccc1)OCO2. The summed E-state index contributed by atoms with van der Waals surface area (Å²) < 4.78 is 10.7. The van der Waals surface area contributed by atoms with Crippen LogP contribution in [-0.2, 0) is 0 Å². The summed E-state index contributed by atoms with van der Waals surface area (Å²) in [5.41, 5.74) is 1.58. The van der Waals surface area contributed by atoms with Crippen LogP contribution in [0, 0.1) is 0 Å². The van der Waals surface area contributed by atoms with E-state index in [1.807, 2.05) is 30.3 Å². The summed E-state index contributed by atoms with van der Waals surface area (Å²) in [4.78, 5) is 11.3. The van der Waals surface area contributed by atoms with E-state index in [1.54, 1.807) is 6.07 Å². The van der Waals surface area contributed by atoms with Gasteiger partial charge in [-0.3, -0.25) is 0 Å². The Labute approximate surface area is 103 Å². The minimum atomic E-state index is -0.979. The van der Waals surface area contributed by atoms with Crippen LogP contribution in [0.15, 0.2) is 42.5 Å². The zero-order chi connectivity index (χ0) is 12.5. The second-order valence-electron chi connectivity index (χ2n) is 3.89. The summed E-state index contributed by atoms with van der Waals surface area (Å²) >= 11 is 0. The molecule has 2 aromatic carbocycles. The summed E-state index contributed by atoms with van der Waals surface area (Å²) in [6.45, 7) is 0.123. The number of ether oxygens (including phenoxy) is 2. The van der Waals surface area contributed by atoms with Crippen LogP contribution < -0.4 is 9.47 Å². The van der Waals surface area contributed by atoms with Crippen LogP contribution in [0.3, 0.4) is 0 Å². The van der Waals surface area contributed by atoms with Crippen molar-refractivity contribution >= 4 is 5.97 Å². The third-order valence-electron chi connectivity index (χ3n) is 2.83. The Morgan fingerprint density at radius 1 is 1.06 bits per heavy atom. The van der Waals surface area contributed by atoms with E-state index in [0.29, 0.717) is 17.1 Å². The smallest absolute Gasteiger partial charge is 0.336 e. The van der Waals surface area contributed by atoms with Crippen LogP contribution in [-0.4, -0.2) is 17.9 Å². The molecule has 4 heteroatoms. The van der Waals surface area contributed by atoms with Gasteiger partial charge in [0.1, 0.15) is 0 Å². The Balaban J connectivity index is 2.29. The van der Waals surface area contributed by atoms with E-state index in [9.17, 15) is 9.90 Å². The third kappa shape index (κ3) is 1.59. The summed E-state index contributed by atoms with van der Waals surface area (Å²) in [6.07, 6.45) is 0. The first-order valence-electron chi connectivity index (χ1n) is 5.48. The molecule has 0 aliphatic carbocycles. The number of rotatable bonds is 2. The number of carbonyl (C=O) groups is 1. The summed E-state index contributed by atoms with van der Waals surface area (Å²) in [6, 6.07) is 12.5. The van der Waals surface area contributed by atoms with Gasteiger partial charge in [-0.1, -0.05) is 30.3 Å². The van der Waals surface area contributed by atoms with E-state index in [1.165, 1.54) is 6.07 Å². The molecule has 1 N–H and O–H groups in total. The predicted molar refractivity (Wildman–Crippen MR) is 65.0 cm³/mol. The van der Waals surface area contributed by atoms with Gasteiger partial charge in [0.25, 0.3) is 0 Å². The first kappa shape index (κ1) is 10.7. The fourth-order valence-electron chi connectivity index (χ4n) is 2.04. The van der Waals surface area contributed by atoms with E-state index in [4.69, 9.17) is 9.47 Å². The molecule has 90 valence electrons. The van der Waals surface area contributed by atoms with Crippen LogP contribution >= 0.6 is 0 Å². The van der Waals surface area contributed by atoms with Crippen molar-refractivity contribution in [3.63, 3.8) is 0 Å². The molecule has 0 atom stereocenters. The minimum Gasteiger partial charge on any atom is -0.478 e. The largest absolute Gasteiger partial charge is 0.478 e. The molecule has 0 saturated heterocycles. The van der Waals surface area contributed by atoms with Crippen molar-refractivity contribution in [2.75, 3.05) is 6.79 Å². The number of carboxylic acid groups (broad SMARTS) is 1. The van der Waals surface area contributed by atoms with Gasteiger partial charge in [0.05, 0.1) is 5.56 Å². The van der Waals surface area contributed by atoms with Crippen LogP contribution in [0.4, 0.5) is 0 Å². The number of aromatic carboxylic acids is 1. The number of carboxylic acids is 1. The van der Waals surface area contributed by atoms with Crippen molar-refractivity contribution in [2.45, 2.75) is 0 Å². The number of benzene rings is 2. The van der Waals surface area contributed by atoms with Crippen molar-refractivity contribution in [3.05, 3.63) is 48.0 Å². The standard InChI is InChI=1S/C14H10O4/c15-14(16)10-6-7-11-13(18-8-17-11)12(10)9-4-2-1-3-5-9/h1-7H,8H2,(H,15,16). The lowest BCUT2D eigenvalue weighted by Gasteiger charge is -2.09. The third-order valence-corrected chi connectivity index (χ3v) is 2.83. The molecule has 3 rings (SSSR count). The minimum absolute atomic E-state index is 0.123. The highest BCUT2D eigenvalue weighted by Crippen LogP contribution is 2.43. The first-order chi connectivity index (χ1) is 8.77. The molecule has 2 aromatic rings. The molecule has 4 nitrogen and oxygen atoms in total. The van der Waals surface area contributed by atoms with E-state index < -0.39 is 5.97 Å². The highest BCUT2D eigenvalue weighted by molar-refractivity contribution is 5.99. The predicted octanol–water partition coefficient (Wildman–Crippen LogP) is 2.78. The van der Waals surface area contributed by atoms with Crippen LogP contribution in [0.1, 0.15) is 10.4 Å². The van der Waals surface area contributed by atoms with Crippen LogP contribution in [0.5, 0.6) is 11.5 Å². The Hall–Kier alpha value is -2.49. The van der Waals surface area contributed by atoms with Crippen molar-refractivity contribution in [2.24, 2.45) is 0 Å². The molecule has 0 bridgehead atoms. The van der Waals surface area contributed by atoms with E-state index >= 15 is 0 Å². The molecule has 1 heterocycles. The summed E-state index contributed by atoms with van der Waals surface area (Å²) in [5.74, 6) is 0.104. The van der Waals surface area contributed by atoms with Gasteiger partial charge < -0.3 is 14.6 Å². The topological polar surface area (TPSA) is 55.8 Å². The molecule has 0 unspecified atom stereocenters. The Kier molecular flexibility index (Phi) is 2.41. The lowest BCUT2D eigenvalue weighted by Crippen LogP contribution is -2.00. The maximum Gasteiger partial charge on any atom is 0.336 e. The molecule has 0 spiro atoms. The van der Waals surface area contributed by atoms with Crippen LogP contribution in [0.25, 0.3) is 11.1 Å². The van der Waals surface area contributed by atoms with Gasteiger partial charge in [0.15, 0.2) is 11.5 Å². The van der Waals surface area contributed by atoms with Gasteiger partial charge in [-0.2, -0.15) is 0 Å². The second kappa shape index (κ2) is 4.07. The number of hydrogen-bond donors (Lipinski definition) is 1. The zero-order valence-electron chi connectivity index (χ0n) is 9.42. The van der Waals surface area contributed by atoms with Gasteiger partial charge >= 0.3 is 5.97 Å². The second-order valence-corrected chi connectivity index (χ2v) is 3.89. The van der Waals surface area contributed by atoms with Crippen LogP contribution in [0.2, 0.25) is 0 Å². The van der Waals surface area contributed by atoms with Gasteiger partial charge in [0, 0.05) is 5.56 Å². The van der Waals surface area contributed by atoms with E-state index in [2.05, 4.69) is 0 Å². The number of hydrogen-bond acceptors (Lipinski definition) is 3. The van der Waals surface area contributed by atoms with Crippen molar-refractivity contribution in [1.82, 2.24) is 0 Å². The molecular weight excluding hydrogens is 232 g/mol. The zero-order valence-corrected chi connectivity index (χ0v) is 9.42. The summed E-state index contributed by atoms with van der Waals surface area (Å²) in [5, 5.41) is 9.26. The van der Waals surface area contributed by atoms with E-state index in [0.717, 1.165) is 5.56 Å². The lowest BCUT2D eigenvalue weighted by atomic mass is 9.98. The molecule has 1 aliphatic heterocycles. The maximum atomic E-state index is 11.3. The fraction of sp³-hybridized carbons (Fsp3) is 0.0714. The molecule has 18 heavy (non-hydrogen) atoms. The normalized spacial score (nSPS) is 12.4. The Morgan fingerprint density at radius 2 is 1.83 bits per heavy atom. The van der Waals surface area contributed by atoms with Crippen molar-refractivity contribution in [3.8, 4) is 22.6 Å². The van der Waals surface area contributed by atoms with Gasteiger partial charge in [-0.05, 0) is 17.7 Å². The van der Waals surface area contributed by atoms with Gasteiger partial charge in [-0.15, -0.1) is 0 Å². The number of fused-ring (bicyclic) bond motifs is 1. The fourth-order valence-corrected chi connectivity index (χ4v) is 2.04.